The third kappa shape index (κ3) is 3.37. The van der Waals surface area contributed by atoms with E-state index in [0.717, 1.165) is 48.0 Å². The number of amidine groups is 1. The molecule has 1 saturated carbocycles. The Morgan fingerprint density at radius 3 is 2.83 bits per heavy atom. The number of fused-ring (bicyclic) bond motifs is 1. The molecular weight excluding hydrogens is 364 g/mol. The maximum atomic E-state index is 4.64. The molecule has 0 unspecified atom stereocenters. The van der Waals surface area contributed by atoms with Gasteiger partial charge in [-0.15, -0.1) is 10.2 Å². The summed E-state index contributed by atoms with van der Waals surface area (Å²) < 4.78 is 2.10. The first-order chi connectivity index (χ1) is 14.0. The molecule has 0 aromatic carbocycles. The number of hydrogen-bond donors (Lipinski definition) is 1. The molecule has 1 saturated heterocycles. The molecule has 0 radical (unpaired) electrons. The van der Waals surface area contributed by atoms with E-state index in [1.54, 1.807) is 6.20 Å². The van der Waals surface area contributed by atoms with Crippen LogP contribution >= 0.6 is 0 Å². The Kier molecular flexibility index (Phi) is 4.31. The number of aliphatic imine (C=N–C) groups is 1. The Bertz CT molecular complexity index is 1080. The van der Waals surface area contributed by atoms with Crippen LogP contribution in [-0.4, -0.2) is 49.0 Å². The highest BCUT2D eigenvalue weighted by Gasteiger charge is 2.46. The summed E-state index contributed by atoms with van der Waals surface area (Å²) in [6.07, 6.45) is 8.24. The van der Waals surface area contributed by atoms with E-state index in [-0.39, 0.29) is 0 Å². The molecule has 1 aliphatic heterocycles. The smallest absolute Gasteiger partial charge is 0.251 e. The molecule has 0 atom stereocenters. The quantitative estimate of drug-likeness (QED) is 0.721. The summed E-state index contributed by atoms with van der Waals surface area (Å²) in [5.41, 5.74) is 6.30. The van der Waals surface area contributed by atoms with E-state index in [1.165, 1.54) is 12.8 Å². The highest BCUT2D eigenvalue weighted by atomic mass is 15.5. The molecule has 150 valence electrons. The molecule has 29 heavy (non-hydrogen) atoms. The van der Waals surface area contributed by atoms with Gasteiger partial charge in [-0.2, -0.15) is 4.99 Å². The summed E-state index contributed by atoms with van der Waals surface area (Å²) in [5, 5.41) is 10.8. The normalized spacial score (nSPS) is 19.6. The molecule has 4 heterocycles. The van der Waals surface area contributed by atoms with Crippen LogP contribution in [0.5, 0.6) is 0 Å². The van der Waals surface area contributed by atoms with Crippen molar-refractivity contribution in [1.82, 2.24) is 35.0 Å². The maximum absolute atomic E-state index is 4.64. The minimum atomic E-state index is 0.407. The molecule has 2 aliphatic rings. The number of rotatable bonds is 5. The van der Waals surface area contributed by atoms with Crippen LogP contribution < -0.4 is 5.43 Å². The van der Waals surface area contributed by atoms with Crippen molar-refractivity contribution >= 4 is 17.4 Å². The van der Waals surface area contributed by atoms with Crippen molar-refractivity contribution in [1.29, 1.82) is 0 Å². The second kappa shape index (κ2) is 6.88. The Hall–Kier alpha value is -2.87. The van der Waals surface area contributed by atoms with Crippen LogP contribution in [0, 0.1) is 11.3 Å². The lowest BCUT2D eigenvalue weighted by Crippen LogP contribution is -2.29. The van der Waals surface area contributed by atoms with Gasteiger partial charge in [-0.25, -0.2) is 15.4 Å². The van der Waals surface area contributed by atoms with E-state index in [9.17, 15) is 0 Å². The molecule has 0 bridgehead atoms. The number of pyridine rings is 1. The molecule has 3 aromatic heterocycles. The topological polar surface area (TPSA) is 83.6 Å². The summed E-state index contributed by atoms with van der Waals surface area (Å²) in [4.78, 5) is 13.5. The molecule has 0 spiro atoms. The van der Waals surface area contributed by atoms with E-state index >= 15 is 0 Å². The molecule has 3 aromatic rings. The van der Waals surface area contributed by atoms with E-state index in [0.29, 0.717) is 17.3 Å². The van der Waals surface area contributed by atoms with Gasteiger partial charge in [0.2, 0.25) is 0 Å². The minimum Gasteiger partial charge on any atom is -0.299 e. The lowest BCUT2D eigenvalue weighted by Gasteiger charge is -2.18. The van der Waals surface area contributed by atoms with Gasteiger partial charge in [0.1, 0.15) is 11.7 Å². The predicted octanol–water partition coefficient (Wildman–Crippen LogP) is 3.04. The fourth-order valence-corrected chi connectivity index (χ4v) is 4.06. The van der Waals surface area contributed by atoms with Crippen molar-refractivity contribution in [3.05, 3.63) is 36.4 Å². The summed E-state index contributed by atoms with van der Waals surface area (Å²) >= 11 is 0. The zero-order valence-corrected chi connectivity index (χ0v) is 17.1. The van der Waals surface area contributed by atoms with Crippen LogP contribution in [0.1, 0.15) is 38.9 Å². The largest absolute Gasteiger partial charge is 0.299 e. The zero-order valence-electron chi connectivity index (χ0n) is 17.1. The van der Waals surface area contributed by atoms with Gasteiger partial charge in [-0.1, -0.05) is 13.8 Å². The number of hydrogen-bond acceptors (Lipinski definition) is 6. The standard InChI is InChI=1S/C21H26N8/c1-14(2)21(7-8-21)13-19-27-26-18-12-15(6-11-29(18)19)16-4-9-22-20(24-16)25-17-5-10-23-28(17)3/h4,6,9,11-12,14,23H,5,7-8,10,13H2,1-3H3. The van der Waals surface area contributed by atoms with Crippen LogP contribution in [0.2, 0.25) is 0 Å². The third-order valence-electron chi connectivity index (χ3n) is 6.36. The fraction of sp³-hybridized carbons (Fsp3) is 0.476. The summed E-state index contributed by atoms with van der Waals surface area (Å²) in [6, 6.07) is 6.01. The van der Waals surface area contributed by atoms with Crippen LogP contribution in [-0.2, 0) is 6.42 Å². The van der Waals surface area contributed by atoms with Gasteiger partial charge in [0, 0.05) is 44.4 Å². The Labute approximate surface area is 170 Å². The van der Waals surface area contributed by atoms with Crippen molar-refractivity contribution in [3.63, 3.8) is 0 Å². The van der Waals surface area contributed by atoms with Crippen molar-refractivity contribution < 1.29 is 0 Å². The molecular formula is C21H26N8. The van der Waals surface area contributed by atoms with E-state index in [4.69, 9.17) is 0 Å². The Morgan fingerprint density at radius 2 is 2.10 bits per heavy atom. The van der Waals surface area contributed by atoms with Gasteiger partial charge >= 0.3 is 0 Å². The van der Waals surface area contributed by atoms with Crippen LogP contribution in [0.3, 0.4) is 0 Å². The summed E-state index contributed by atoms with van der Waals surface area (Å²) in [6.45, 7) is 5.51. The average molecular weight is 390 g/mol. The van der Waals surface area contributed by atoms with Gasteiger partial charge in [0.25, 0.3) is 5.95 Å². The lowest BCUT2D eigenvalue weighted by atomic mass is 9.89. The Morgan fingerprint density at radius 1 is 1.24 bits per heavy atom. The van der Waals surface area contributed by atoms with Crippen LogP contribution in [0.15, 0.2) is 35.6 Å². The summed E-state index contributed by atoms with van der Waals surface area (Å²) in [5.74, 6) is 3.13. The van der Waals surface area contributed by atoms with Gasteiger partial charge in [-0.05, 0) is 42.4 Å². The lowest BCUT2D eigenvalue weighted by molar-refractivity contribution is 0.349. The average Bonchev–Trinajstić information content (AvgIpc) is 3.25. The van der Waals surface area contributed by atoms with Gasteiger partial charge in [0.15, 0.2) is 5.65 Å². The number of nitrogens with zero attached hydrogens (tertiary/aromatic N) is 7. The first-order valence-electron chi connectivity index (χ1n) is 10.3. The summed E-state index contributed by atoms with van der Waals surface area (Å²) in [7, 11) is 1.96. The highest BCUT2D eigenvalue weighted by molar-refractivity contribution is 5.85. The Balaban J connectivity index is 1.43. The molecule has 1 aliphatic carbocycles. The number of nitrogens with one attached hydrogen (secondary N) is 1. The number of hydrazine groups is 1. The van der Waals surface area contributed by atoms with Crippen molar-refractivity contribution in [2.45, 2.75) is 39.5 Å². The minimum absolute atomic E-state index is 0.407. The van der Waals surface area contributed by atoms with Gasteiger partial charge in [-0.3, -0.25) is 9.41 Å². The second-order valence-corrected chi connectivity index (χ2v) is 8.44. The highest BCUT2D eigenvalue weighted by Crippen LogP contribution is 2.53. The molecule has 2 fully saturated rings. The first kappa shape index (κ1) is 18.2. The van der Waals surface area contributed by atoms with E-state index in [2.05, 4.69) is 61.1 Å². The molecule has 1 N–H and O–H groups in total. The second-order valence-electron chi connectivity index (χ2n) is 8.44. The monoisotopic (exact) mass is 390 g/mol. The zero-order chi connectivity index (χ0) is 20.0. The third-order valence-corrected chi connectivity index (χ3v) is 6.36. The van der Waals surface area contributed by atoms with E-state index < -0.39 is 0 Å². The van der Waals surface area contributed by atoms with Crippen molar-refractivity contribution in [2.24, 2.45) is 16.3 Å². The molecule has 8 nitrogen and oxygen atoms in total. The van der Waals surface area contributed by atoms with Crippen LogP contribution in [0.25, 0.3) is 16.9 Å². The van der Waals surface area contributed by atoms with Gasteiger partial charge < -0.3 is 0 Å². The molecule has 0 amide bonds. The maximum Gasteiger partial charge on any atom is 0.251 e. The fourth-order valence-electron chi connectivity index (χ4n) is 4.06. The number of aromatic nitrogens is 5. The van der Waals surface area contributed by atoms with Gasteiger partial charge in [0.05, 0.1) is 5.69 Å². The van der Waals surface area contributed by atoms with Crippen LogP contribution in [0.4, 0.5) is 5.95 Å². The molecule has 8 heteroatoms. The predicted molar refractivity (Wildman–Crippen MR) is 112 cm³/mol. The molecule has 5 rings (SSSR count). The van der Waals surface area contributed by atoms with E-state index in [1.807, 2.05) is 24.2 Å². The van der Waals surface area contributed by atoms with Crippen molar-refractivity contribution in [3.8, 4) is 11.3 Å². The first-order valence-corrected chi connectivity index (χ1v) is 10.3. The van der Waals surface area contributed by atoms with Crippen molar-refractivity contribution in [2.75, 3.05) is 13.6 Å². The SMILES string of the molecule is CC(C)C1(Cc2nnc3cc(-c4ccnc(N=C5CCNN5C)n4)ccn23)CC1.